The molecule has 2 rings (SSSR count). The van der Waals surface area contributed by atoms with Gasteiger partial charge in [-0.15, -0.1) is 0 Å². The summed E-state index contributed by atoms with van der Waals surface area (Å²) >= 11 is 0. The summed E-state index contributed by atoms with van der Waals surface area (Å²) in [6, 6.07) is 17.9. The van der Waals surface area contributed by atoms with Crippen molar-refractivity contribution in [2.45, 2.75) is 13.3 Å². The third-order valence-corrected chi connectivity index (χ3v) is 2.64. The number of nitrogens with one attached hydrogen (secondary N) is 1. The van der Waals surface area contributed by atoms with Crippen molar-refractivity contribution in [3.8, 4) is 6.07 Å². The highest BCUT2D eigenvalue weighted by Gasteiger charge is 1.96. The molecule has 0 saturated carbocycles. The Morgan fingerprint density at radius 1 is 1.06 bits per heavy atom. The van der Waals surface area contributed by atoms with E-state index in [4.69, 9.17) is 5.26 Å². The van der Waals surface area contributed by atoms with Crippen molar-refractivity contribution in [3.63, 3.8) is 0 Å². The van der Waals surface area contributed by atoms with Crippen LogP contribution in [0.15, 0.2) is 48.5 Å². The molecule has 2 heteroatoms. The molecule has 1 N–H and O–H groups in total. The summed E-state index contributed by atoms with van der Waals surface area (Å²) < 4.78 is 0. The molecular weight excluding hydrogens is 208 g/mol. The second kappa shape index (κ2) is 5.18. The Hall–Kier alpha value is -2.27. The lowest BCUT2D eigenvalue weighted by Crippen LogP contribution is -1.91. The van der Waals surface area contributed by atoms with Crippen molar-refractivity contribution < 1.29 is 0 Å². The second-order valence-electron chi connectivity index (χ2n) is 3.87. The SMILES string of the molecule is CCc1cccc(Nc2ccc(C#N)cc2)c1. The highest BCUT2D eigenvalue weighted by Crippen LogP contribution is 2.18. The first-order chi connectivity index (χ1) is 8.31. The number of rotatable bonds is 3. The lowest BCUT2D eigenvalue weighted by atomic mass is 10.1. The maximum Gasteiger partial charge on any atom is 0.0991 e. The monoisotopic (exact) mass is 222 g/mol. The first-order valence-corrected chi connectivity index (χ1v) is 5.68. The summed E-state index contributed by atoms with van der Waals surface area (Å²) in [5.74, 6) is 0. The van der Waals surface area contributed by atoms with Gasteiger partial charge in [0.15, 0.2) is 0 Å². The number of nitriles is 1. The predicted molar refractivity (Wildman–Crippen MR) is 70.3 cm³/mol. The predicted octanol–water partition coefficient (Wildman–Crippen LogP) is 3.86. The molecule has 0 bridgehead atoms. The van der Waals surface area contributed by atoms with Gasteiger partial charge in [0.05, 0.1) is 11.6 Å². The van der Waals surface area contributed by atoms with Crippen LogP contribution in [-0.2, 0) is 6.42 Å². The van der Waals surface area contributed by atoms with Crippen LogP contribution in [0.1, 0.15) is 18.1 Å². The summed E-state index contributed by atoms with van der Waals surface area (Å²) in [6.45, 7) is 2.14. The van der Waals surface area contributed by atoms with Crippen molar-refractivity contribution in [3.05, 3.63) is 59.7 Å². The zero-order valence-corrected chi connectivity index (χ0v) is 9.77. The summed E-state index contributed by atoms with van der Waals surface area (Å²) in [5.41, 5.74) is 4.06. The maximum atomic E-state index is 8.72. The Morgan fingerprint density at radius 3 is 2.47 bits per heavy atom. The van der Waals surface area contributed by atoms with Gasteiger partial charge < -0.3 is 5.32 Å². The van der Waals surface area contributed by atoms with Gasteiger partial charge in [0, 0.05) is 11.4 Å². The smallest absolute Gasteiger partial charge is 0.0991 e. The number of anilines is 2. The fourth-order valence-electron chi connectivity index (χ4n) is 1.66. The van der Waals surface area contributed by atoms with Crippen LogP contribution in [-0.4, -0.2) is 0 Å². The van der Waals surface area contributed by atoms with Gasteiger partial charge in [-0.25, -0.2) is 0 Å². The molecule has 0 aliphatic rings. The van der Waals surface area contributed by atoms with Crippen LogP contribution in [0.25, 0.3) is 0 Å². The zero-order valence-electron chi connectivity index (χ0n) is 9.77. The van der Waals surface area contributed by atoms with Crippen LogP contribution in [0.2, 0.25) is 0 Å². The molecule has 2 nitrogen and oxygen atoms in total. The van der Waals surface area contributed by atoms with Crippen molar-refractivity contribution in [1.82, 2.24) is 0 Å². The Morgan fingerprint density at radius 2 is 1.82 bits per heavy atom. The fraction of sp³-hybridized carbons (Fsp3) is 0.133. The number of aryl methyl sites for hydroxylation is 1. The van der Waals surface area contributed by atoms with E-state index in [1.54, 1.807) is 0 Å². The molecule has 0 atom stereocenters. The number of hydrogen-bond donors (Lipinski definition) is 1. The zero-order chi connectivity index (χ0) is 12.1. The van der Waals surface area contributed by atoms with E-state index in [-0.39, 0.29) is 0 Å². The molecule has 0 aromatic heterocycles. The first kappa shape index (κ1) is 11.2. The van der Waals surface area contributed by atoms with E-state index < -0.39 is 0 Å². The van der Waals surface area contributed by atoms with Crippen LogP contribution in [0.4, 0.5) is 11.4 Å². The van der Waals surface area contributed by atoms with Gasteiger partial charge in [-0.05, 0) is 48.4 Å². The Balaban J connectivity index is 2.16. The summed E-state index contributed by atoms with van der Waals surface area (Å²) in [4.78, 5) is 0. The largest absolute Gasteiger partial charge is 0.356 e. The van der Waals surface area contributed by atoms with Crippen LogP contribution in [0, 0.1) is 11.3 Å². The van der Waals surface area contributed by atoms with Crippen molar-refractivity contribution in [1.29, 1.82) is 5.26 Å². The summed E-state index contributed by atoms with van der Waals surface area (Å²) in [7, 11) is 0. The van der Waals surface area contributed by atoms with E-state index in [0.717, 1.165) is 17.8 Å². The molecule has 0 aliphatic heterocycles. The number of benzene rings is 2. The molecule has 0 saturated heterocycles. The minimum Gasteiger partial charge on any atom is -0.356 e. The van der Waals surface area contributed by atoms with Gasteiger partial charge in [-0.3, -0.25) is 0 Å². The lowest BCUT2D eigenvalue weighted by molar-refractivity contribution is 1.14. The van der Waals surface area contributed by atoms with Crippen LogP contribution >= 0.6 is 0 Å². The van der Waals surface area contributed by atoms with E-state index in [1.165, 1.54) is 5.56 Å². The van der Waals surface area contributed by atoms with Gasteiger partial charge in [-0.1, -0.05) is 19.1 Å². The molecule has 0 spiro atoms. The van der Waals surface area contributed by atoms with Crippen molar-refractivity contribution in [2.24, 2.45) is 0 Å². The van der Waals surface area contributed by atoms with E-state index in [9.17, 15) is 0 Å². The highest BCUT2D eigenvalue weighted by atomic mass is 14.9. The Labute approximate surface area is 102 Å². The average molecular weight is 222 g/mol. The first-order valence-electron chi connectivity index (χ1n) is 5.68. The number of hydrogen-bond acceptors (Lipinski definition) is 2. The fourth-order valence-corrected chi connectivity index (χ4v) is 1.66. The second-order valence-corrected chi connectivity index (χ2v) is 3.87. The van der Waals surface area contributed by atoms with E-state index in [1.807, 2.05) is 36.4 Å². The summed E-state index contributed by atoms with van der Waals surface area (Å²) in [6.07, 6.45) is 1.03. The third kappa shape index (κ3) is 2.85. The Bertz CT molecular complexity index is 536. The molecule has 0 heterocycles. The molecule has 84 valence electrons. The average Bonchev–Trinajstić information content (AvgIpc) is 2.40. The van der Waals surface area contributed by atoms with E-state index in [2.05, 4.69) is 30.4 Å². The van der Waals surface area contributed by atoms with Crippen LogP contribution in [0.5, 0.6) is 0 Å². The molecule has 0 fully saturated rings. The van der Waals surface area contributed by atoms with E-state index in [0.29, 0.717) is 5.56 Å². The highest BCUT2D eigenvalue weighted by molar-refractivity contribution is 5.61. The van der Waals surface area contributed by atoms with Gasteiger partial charge >= 0.3 is 0 Å². The third-order valence-electron chi connectivity index (χ3n) is 2.64. The van der Waals surface area contributed by atoms with Gasteiger partial charge in [0.1, 0.15) is 0 Å². The molecule has 17 heavy (non-hydrogen) atoms. The molecule has 2 aromatic carbocycles. The quantitative estimate of drug-likeness (QED) is 0.855. The molecule has 0 radical (unpaired) electrons. The Kier molecular flexibility index (Phi) is 3.42. The standard InChI is InChI=1S/C15H14N2/c1-2-12-4-3-5-15(10-12)17-14-8-6-13(11-16)7-9-14/h3-10,17H,2H2,1H3. The minimum absolute atomic E-state index is 0.679. The van der Waals surface area contributed by atoms with Crippen molar-refractivity contribution in [2.75, 3.05) is 5.32 Å². The molecule has 0 unspecified atom stereocenters. The topological polar surface area (TPSA) is 35.8 Å². The van der Waals surface area contributed by atoms with Gasteiger partial charge in [0.2, 0.25) is 0 Å². The van der Waals surface area contributed by atoms with Crippen molar-refractivity contribution >= 4 is 11.4 Å². The molecular formula is C15H14N2. The molecule has 2 aromatic rings. The van der Waals surface area contributed by atoms with E-state index >= 15 is 0 Å². The van der Waals surface area contributed by atoms with Crippen LogP contribution < -0.4 is 5.32 Å². The van der Waals surface area contributed by atoms with Gasteiger partial charge in [0.25, 0.3) is 0 Å². The number of nitrogens with zero attached hydrogens (tertiary/aromatic N) is 1. The minimum atomic E-state index is 0.679. The normalized spacial score (nSPS) is 9.65. The molecule has 0 amide bonds. The maximum absolute atomic E-state index is 8.72. The summed E-state index contributed by atoms with van der Waals surface area (Å²) in [5, 5.41) is 12.0. The van der Waals surface area contributed by atoms with Gasteiger partial charge in [-0.2, -0.15) is 5.26 Å². The lowest BCUT2D eigenvalue weighted by Gasteiger charge is -2.07. The molecule has 0 aliphatic carbocycles. The van der Waals surface area contributed by atoms with Crippen LogP contribution in [0.3, 0.4) is 0 Å².